The third-order valence-corrected chi connectivity index (χ3v) is 3.45. The predicted octanol–water partition coefficient (Wildman–Crippen LogP) is 3.46. The molecule has 0 saturated heterocycles. The molecule has 0 spiro atoms. The van der Waals surface area contributed by atoms with Crippen LogP contribution in [0.4, 0.5) is 0 Å². The van der Waals surface area contributed by atoms with Gasteiger partial charge in [-0.15, -0.1) is 0 Å². The Labute approximate surface area is 91.3 Å². The number of aromatic nitrogens is 1. The van der Waals surface area contributed by atoms with Crippen molar-refractivity contribution in [3.63, 3.8) is 0 Å². The van der Waals surface area contributed by atoms with Gasteiger partial charge in [0.05, 0.1) is 5.52 Å². The van der Waals surface area contributed by atoms with Crippen molar-refractivity contribution in [3.05, 3.63) is 39.1 Å². The molecule has 2 rings (SSSR count). The maximum atomic E-state index is 4.52. The summed E-state index contributed by atoms with van der Waals surface area (Å²) in [4.78, 5) is 4.52. The third kappa shape index (κ3) is 1.43. The van der Waals surface area contributed by atoms with Crippen LogP contribution in [0.2, 0.25) is 0 Å². The number of fused-ring (bicyclic) bond motifs is 1. The number of benzene rings is 1. The van der Waals surface area contributed by atoms with Crippen LogP contribution >= 0.6 is 22.6 Å². The molecule has 0 unspecified atom stereocenters. The highest BCUT2D eigenvalue weighted by atomic mass is 127. The molecule has 0 saturated carbocycles. The Morgan fingerprint density at radius 3 is 2.54 bits per heavy atom. The van der Waals surface area contributed by atoms with E-state index in [0.717, 1.165) is 9.22 Å². The molecule has 1 heterocycles. The summed E-state index contributed by atoms with van der Waals surface area (Å²) in [5.41, 5.74) is 3.73. The Morgan fingerprint density at radius 1 is 1.08 bits per heavy atom. The van der Waals surface area contributed by atoms with Gasteiger partial charge in [0.15, 0.2) is 0 Å². The number of rotatable bonds is 0. The average Bonchev–Trinajstić information content (AvgIpc) is 2.15. The Kier molecular flexibility index (Phi) is 2.24. The summed E-state index contributed by atoms with van der Waals surface area (Å²) in [5, 5.41) is 1.26. The minimum absolute atomic E-state index is 1.09. The molecule has 0 aliphatic heterocycles. The van der Waals surface area contributed by atoms with Crippen LogP contribution in [0.1, 0.15) is 11.1 Å². The molecule has 0 aliphatic carbocycles. The summed E-state index contributed by atoms with van der Waals surface area (Å²) in [6.07, 6.45) is 0. The molecule has 0 aliphatic rings. The van der Waals surface area contributed by atoms with Gasteiger partial charge in [-0.1, -0.05) is 18.2 Å². The van der Waals surface area contributed by atoms with Crippen LogP contribution in [0.25, 0.3) is 10.9 Å². The third-order valence-electron chi connectivity index (χ3n) is 2.40. The lowest BCUT2D eigenvalue weighted by Crippen LogP contribution is -1.92. The number of halogens is 1. The Hall–Kier alpha value is -0.640. The van der Waals surface area contributed by atoms with Crippen LogP contribution in [0, 0.1) is 17.5 Å². The van der Waals surface area contributed by atoms with Gasteiger partial charge in [0.25, 0.3) is 0 Å². The van der Waals surface area contributed by atoms with E-state index in [0.29, 0.717) is 0 Å². The van der Waals surface area contributed by atoms with Crippen molar-refractivity contribution in [2.75, 3.05) is 0 Å². The van der Waals surface area contributed by atoms with Crippen LogP contribution in [-0.2, 0) is 0 Å². The largest absolute Gasteiger partial charge is 0.242 e. The molecule has 0 radical (unpaired) electrons. The van der Waals surface area contributed by atoms with Gasteiger partial charge < -0.3 is 0 Å². The average molecular weight is 283 g/mol. The smallest absolute Gasteiger partial charge is 0.105 e. The van der Waals surface area contributed by atoms with Gasteiger partial charge in [0.2, 0.25) is 0 Å². The highest BCUT2D eigenvalue weighted by molar-refractivity contribution is 14.1. The van der Waals surface area contributed by atoms with E-state index in [1.165, 1.54) is 16.5 Å². The lowest BCUT2D eigenvalue weighted by Gasteiger charge is -2.06. The molecule has 2 aromatic rings. The number of hydrogen-bond acceptors (Lipinski definition) is 1. The lowest BCUT2D eigenvalue weighted by molar-refractivity contribution is 1.23. The second-order valence-corrected chi connectivity index (χ2v) is 4.19. The molecule has 1 aromatic heterocycles. The maximum Gasteiger partial charge on any atom is 0.105 e. The van der Waals surface area contributed by atoms with Gasteiger partial charge in [-0.05, 0) is 53.6 Å². The molecular weight excluding hydrogens is 273 g/mol. The predicted molar refractivity (Wildman–Crippen MR) is 63.9 cm³/mol. The van der Waals surface area contributed by atoms with E-state index in [2.05, 4.69) is 59.6 Å². The van der Waals surface area contributed by atoms with Gasteiger partial charge >= 0.3 is 0 Å². The molecule has 0 bridgehead atoms. The van der Waals surface area contributed by atoms with E-state index in [9.17, 15) is 0 Å². The zero-order chi connectivity index (χ0) is 9.42. The van der Waals surface area contributed by atoms with Crippen LogP contribution in [0.15, 0.2) is 24.3 Å². The Bertz CT molecular complexity index is 463. The van der Waals surface area contributed by atoms with Crippen LogP contribution in [-0.4, -0.2) is 4.98 Å². The Balaban J connectivity index is 2.94. The SMILES string of the molecule is Cc1c(I)nc2ccccc2c1C. The van der Waals surface area contributed by atoms with Gasteiger partial charge in [0.1, 0.15) is 3.70 Å². The van der Waals surface area contributed by atoms with Crippen molar-refractivity contribution >= 4 is 33.5 Å². The number of pyridine rings is 1. The van der Waals surface area contributed by atoms with E-state index >= 15 is 0 Å². The quantitative estimate of drug-likeness (QED) is 0.533. The molecule has 66 valence electrons. The Morgan fingerprint density at radius 2 is 1.77 bits per heavy atom. The van der Waals surface area contributed by atoms with E-state index in [1.54, 1.807) is 0 Å². The van der Waals surface area contributed by atoms with E-state index < -0.39 is 0 Å². The van der Waals surface area contributed by atoms with Gasteiger partial charge in [0, 0.05) is 5.39 Å². The molecular formula is C11H10IN. The normalized spacial score (nSPS) is 10.7. The maximum absolute atomic E-state index is 4.52. The molecule has 2 heteroatoms. The fraction of sp³-hybridized carbons (Fsp3) is 0.182. The standard InChI is InChI=1S/C11H10IN/c1-7-8(2)11(12)13-10-6-4-3-5-9(7)10/h3-6H,1-2H3. The first-order valence-corrected chi connectivity index (χ1v) is 5.29. The van der Waals surface area contributed by atoms with Gasteiger partial charge in [-0.3, -0.25) is 0 Å². The van der Waals surface area contributed by atoms with Crippen LogP contribution < -0.4 is 0 Å². The van der Waals surface area contributed by atoms with E-state index in [4.69, 9.17) is 0 Å². The molecule has 0 amide bonds. The van der Waals surface area contributed by atoms with Crippen molar-refractivity contribution in [1.29, 1.82) is 0 Å². The zero-order valence-corrected chi connectivity index (χ0v) is 9.79. The van der Waals surface area contributed by atoms with Crippen molar-refractivity contribution in [2.24, 2.45) is 0 Å². The van der Waals surface area contributed by atoms with E-state index in [-0.39, 0.29) is 0 Å². The second-order valence-electron chi connectivity index (χ2n) is 3.17. The van der Waals surface area contributed by atoms with Crippen LogP contribution in [0.5, 0.6) is 0 Å². The summed E-state index contributed by atoms with van der Waals surface area (Å²) in [6, 6.07) is 8.27. The van der Waals surface area contributed by atoms with Crippen LogP contribution in [0.3, 0.4) is 0 Å². The number of nitrogens with zero attached hydrogens (tertiary/aromatic N) is 1. The highest BCUT2D eigenvalue weighted by Gasteiger charge is 2.04. The summed E-state index contributed by atoms with van der Waals surface area (Å²) in [7, 11) is 0. The molecule has 0 atom stereocenters. The first kappa shape index (κ1) is 8.94. The molecule has 1 nitrogen and oxygen atoms in total. The minimum atomic E-state index is 1.09. The topological polar surface area (TPSA) is 12.9 Å². The van der Waals surface area contributed by atoms with Crippen molar-refractivity contribution < 1.29 is 0 Å². The summed E-state index contributed by atoms with van der Waals surface area (Å²) < 4.78 is 1.11. The first-order valence-electron chi connectivity index (χ1n) is 4.21. The lowest BCUT2D eigenvalue weighted by atomic mass is 10.1. The summed E-state index contributed by atoms with van der Waals surface area (Å²) in [5.74, 6) is 0. The molecule has 0 fully saturated rings. The number of para-hydroxylation sites is 1. The van der Waals surface area contributed by atoms with Crippen molar-refractivity contribution in [2.45, 2.75) is 13.8 Å². The minimum Gasteiger partial charge on any atom is -0.242 e. The number of aryl methyl sites for hydroxylation is 1. The fourth-order valence-corrected chi connectivity index (χ4v) is 2.10. The molecule has 13 heavy (non-hydrogen) atoms. The second kappa shape index (κ2) is 3.25. The van der Waals surface area contributed by atoms with E-state index in [1.807, 2.05) is 6.07 Å². The van der Waals surface area contributed by atoms with Crippen molar-refractivity contribution in [1.82, 2.24) is 4.98 Å². The zero-order valence-electron chi connectivity index (χ0n) is 7.63. The molecule has 0 N–H and O–H groups in total. The van der Waals surface area contributed by atoms with Gasteiger partial charge in [-0.2, -0.15) is 0 Å². The summed E-state index contributed by atoms with van der Waals surface area (Å²) >= 11 is 2.29. The molecule has 1 aromatic carbocycles. The number of hydrogen-bond donors (Lipinski definition) is 0. The van der Waals surface area contributed by atoms with Gasteiger partial charge in [-0.25, -0.2) is 4.98 Å². The highest BCUT2D eigenvalue weighted by Crippen LogP contribution is 2.22. The monoisotopic (exact) mass is 283 g/mol. The fourth-order valence-electron chi connectivity index (χ4n) is 1.43. The summed E-state index contributed by atoms with van der Waals surface area (Å²) in [6.45, 7) is 4.28. The first-order chi connectivity index (χ1) is 6.20. The van der Waals surface area contributed by atoms with Crippen molar-refractivity contribution in [3.8, 4) is 0 Å².